The summed E-state index contributed by atoms with van der Waals surface area (Å²) in [6, 6.07) is 15.9. The number of anilines is 2. The zero-order valence-electron chi connectivity index (χ0n) is 25.0. The average molecular weight is 617 g/mol. The first-order valence-corrected chi connectivity index (χ1v) is 13.4. The maximum absolute atomic E-state index is 13.3. The van der Waals surface area contributed by atoms with E-state index in [1.165, 1.54) is 31.3 Å². The third-order valence-corrected chi connectivity index (χ3v) is 5.53. The Morgan fingerprint density at radius 2 is 1.45 bits per heavy atom. The number of carbonyl (C=O) groups is 1. The van der Waals surface area contributed by atoms with Crippen molar-refractivity contribution in [2.24, 2.45) is 17.2 Å². The first kappa shape index (κ1) is 39.1. The van der Waals surface area contributed by atoms with Crippen molar-refractivity contribution < 1.29 is 22.4 Å². The molecule has 0 aliphatic rings. The molecular weight excluding hydrogens is 576 g/mol. The van der Waals surface area contributed by atoms with Gasteiger partial charge in [-0.15, -0.1) is 0 Å². The highest BCUT2D eigenvalue weighted by Gasteiger charge is 2.32. The van der Waals surface area contributed by atoms with Gasteiger partial charge in [0.15, 0.2) is 0 Å². The third kappa shape index (κ3) is 12.2. The Morgan fingerprint density at radius 3 is 1.98 bits per heavy atom. The van der Waals surface area contributed by atoms with Crippen molar-refractivity contribution in [1.29, 1.82) is 5.41 Å². The largest absolute Gasteiger partial charge is 0.417 e. The highest BCUT2D eigenvalue weighted by molar-refractivity contribution is 5.76. The molecule has 0 aliphatic heterocycles. The molecule has 4 rings (SSSR count). The maximum Gasteiger partial charge on any atom is 0.417 e. The van der Waals surface area contributed by atoms with Gasteiger partial charge in [-0.1, -0.05) is 50.2 Å². The number of nitrogens with one attached hydrogen (secondary N) is 2. The lowest BCUT2D eigenvalue weighted by Crippen LogP contribution is -2.09. The Morgan fingerprint density at radius 1 is 0.909 bits per heavy atom. The van der Waals surface area contributed by atoms with Gasteiger partial charge in [-0.2, -0.15) is 13.2 Å². The van der Waals surface area contributed by atoms with Gasteiger partial charge < -0.3 is 33.7 Å². The topological polar surface area (TPSA) is 183 Å². The van der Waals surface area contributed by atoms with E-state index in [2.05, 4.69) is 33.5 Å². The molecule has 4 aromatic rings. The lowest BCUT2D eigenvalue weighted by atomic mass is 10.0. The van der Waals surface area contributed by atoms with Crippen LogP contribution in [0.3, 0.4) is 0 Å². The number of nitrogen functional groups attached to an aromatic ring is 1. The molecule has 238 valence electrons. The number of halogens is 4. The van der Waals surface area contributed by atoms with E-state index in [1.807, 2.05) is 44.2 Å². The fourth-order valence-electron chi connectivity index (χ4n) is 3.65. The summed E-state index contributed by atoms with van der Waals surface area (Å²) in [7, 11) is 1.50. The fraction of sp³-hybridized carbons (Fsp3) is 0.226. The lowest BCUT2D eigenvalue weighted by molar-refractivity contribution is -0.137. The Bertz CT molecular complexity index is 1380. The molecule has 0 atom stereocenters. The number of nitrogens with two attached hydrogens (primary N) is 4. The van der Waals surface area contributed by atoms with Crippen LogP contribution in [0.2, 0.25) is 0 Å². The van der Waals surface area contributed by atoms with E-state index in [1.54, 1.807) is 6.20 Å². The fourth-order valence-corrected chi connectivity index (χ4v) is 3.65. The summed E-state index contributed by atoms with van der Waals surface area (Å²) >= 11 is 0. The first-order chi connectivity index (χ1) is 21.2. The van der Waals surface area contributed by atoms with Gasteiger partial charge in [0.1, 0.15) is 17.5 Å². The molecule has 10 N–H and O–H groups in total. The van der Waals surface area contributed by atoms with Crippen LogP contribution in [0.5, 0.6) is 0 Å². The Hall–Kier alpha value is -4.88. The van der Waals surface area contributed by atoms with Crippen LogP contribution in [-0.2, 0) is 23.9 Å². The van der Waals surface area contributed by atoms with Crippen LogP contribution < -0.4 is 28.3 Å². The molecule has 9 nitrogen and oxygen atoms in total. The molecule has 2 heterocycles. The molecule has 13 heteroatoms. The normalized spacial score (nSPS) is 9.75. The van der Waals surface area contributed by atoms with Gasteiger partial charge in [-0.25, -0.2) is 14.4 Å². The molecule has 1 amide bonds. The van der Waals surface area contributed by atoms with Crippen molar-refractivity contribution in [2.45, 2.75) is 33.0 Å². The van der Waals surface area contributed by atoms with Crippen LogP contribution in [0.15, 0.2) is 73.1 Å². The standard InChI is InChI=1S/C26H23F4N5.C2H6.CH3NO.CH5N.CH3N/c27-22-7-5-18(6-8-22)23-12-21(26(28,29)30)15-35-25(23)34-13-16-1-3-17(4-2-16)20-11-19(9-10-31)24(32)33-14-20;1-2;2-1-3;2*1-2/h1-8,11-12,14-15H,9-10,13,31H2,(H2,32,33)(H,34,35);1-2H3;1H,(H2,2,3);2H2,1H3;2H,1H2. The molecule has 0 aliphatic carbocycles. The van der Waals surface area contributed by atoms with Crippen molar-refractivity contribution in [3.05, 3.63) is 95.6 Å². The van der Waals surface area contributed by atoms with Crippen LogP contribution in [0.1, 0.15) is 30.5 Å². The summed E-state index contributed by atoms with van der Waals surface area (Å²) < 4.78 is 53.1. The molecular formula is C31H40F4N8O. The highest BCUT2D eigenvalue weighted by atomic mass is 19.4. The van der Waals surface area contributed by atoms with E-state index in [-0.39, 0.29) is 17.8 Å². The van der Waals surface area contributed by atoms with Gasteiger partial charge in [0.25, 0.3) is 0 Å². The second-order valence-corrected chi connectivity index (χ2v) is 8.12. The number of rotatable bonds is 7. The van der Waals surface area contributed by atoms with Gasteiger partial charge in [0.2, 0.25) is 6.41 Å². The van der Waals surface area contributed by atoms with Crippen molar-refractivity contribution in [2.75, 3.05) is 24.6 Å². The van der Waals surface area contributed by atoms with E-state index >= 15 is 0 Å². The summed E-state index contributed by atoms with van der Waals surface area (Å²) in [6.45, 7) is 7.29. The summed E-state index contributed by atoms with van der Waals surface area (Å²) in [5.74, 6) is 0.249. The minimum Gasteiger partial charge on any atom is -0.383 e. The second kappa shape index (κ2) is 20.9. The van der Waals surface area contributed by atoms with Crippen molar-refractivity contribution in [3.63, 3.8) is 0 Å². The number of hydrogen-bond acceptors (Lipinski definition) is 8. The third-order valence-electron chi connectivity index (χ3n) is 5.53. The number of aromatic nitrogens is 2. The molecule has 44 heavy (non-hydrogen) atoms. The van der Waals surface area contributed by atoms with Gasteiger partial charge >= 0.3 is 6.18 Å². The number of primary amides is 1. The first-order valence-electron chi connectivity index (χ1n) is 13.4. The second-order valence-electron chi connectivity index (χ2n) is 8.12. The Balaban J connectivity index is 0.00000187. The van der Waals surface area contributed by atoms with Gasteiger partial charge in [-0.3, -0.25) is 4.79 Å². The zero-order chi connectivity index (χ0) is 33.7. The molecule has 0 spiro atoms. The molecule has 0 bridgehead atoms. The number of benzene rings is 2. The predicted octanol–water partition coefficient (Wildman–Crippen LogP) is 5.63. The number of amides is 1. The van der Waals surface area contributed by atoms with Crippen LogP contribution in [0.4, 0.5) is 29.2 Å². The van der Waals surface area contributed by atoms with Crippen LogP contribution in [0, 0.1) is 11.2 Å². The average Bonchev–Trinajstić information content (AvgIpc) is 3.05. The minimum absolute atomic E-state index is 0.233. The number of pyridine rings is 2. The SMILES string of the molecule is C=N.CC.CN.NC=O.NCCc1cc(-c2ccc(CNc3ncc(C(F)(F)F)cc3-c3ccc(F)cc3)cc2)cnc1N. The van der Waals surface area contributed by atoms with E-state index in [4.69, 9.17) is 21.7 Å². The smallest absolute Gasteiger partial charge is 0.383 e. The number of hydrogen-bond donors (Lipinski definition) is 6. The van der Waals surface area contributed by atoms with Crippen LogP contribution in [0.25, 0.3) is 22.3 Å². The molecule has 0 radical (unpaired) electrons. The number of alkyl halides is 3. The Labute approximate surface area is 255 Å². The van der Waals surface area contributed by atoms with Crippen LogP contribution in [-0.4, -0.2) is 36.7 Å². The van der Waals surface area contributed by atoms with Gasteiger partial charge in [0.05, 0.1) is 5.56 Å². The van der Waals surface area contributed by atoms with Gasteiger partial charge in [-0.05, 0) is 73.3 Å². The van der Waals surface area contributed by atoms with E-state index < -0.39 is 17.6 Å². The molecule has 2 aromatic carbocycles. The summed E-state index contributed by atoms with van der Waals surface area (Å²) in [6.07, 6.45) is -1.18. The van der Waals surface area contributed by atoms with Crippen LogP contribution >= 0.6 is 0 Å². The van der Waals surface area contributed by atoms with Gasteiger partial charge in [0, 0.05) is 30.1 Å². The predicted molar refractivity (Wildman–Crippen MR) is 170 cm³/mol. The minimum atomic E-state index is -4.54. The lowest BCUT2D eigenvalue weighted by Gasteiger charge is -2.15. The molecule has 0 saturated carbocycles. The van der Waals surface area contributed by atoms with Crippen molar-refractivity contribution in [3.8, 4) is 22.3 Å². The molecule has 0 fully saturated rings. The van der Waals surface area contributed by atoms with E-state index in [9.17, 15) is 17.6 Å². The summed E-state index contributed by atoms with van der Waals surface area (Å²) in [4.78, 5) is 16.8. The number of nitrogens with zero attached hydrogens (tertiary/aromatic N) is 2. The highest BCUT2D eigenvalue weighted by Crippen LogP contribution is 2.35. The molecule has 0 saturated heterocycles. The monoisotopic (exact) mass is 616 g/mol. The maximum atomic E-state index is 13.3. The molecule has 2 aromatic heterocycles. The Kier molecular flexibility index (Phi) is 18.6. The van der Waals surface area contributed by atoms with Crippen molar-refractivity contribution >= 4 is 24.8 Å². The quantitative estimate of drug-likeness (QED) is 0.0883. The summed E-state index contributed by atoms with van der Waals surface area (Å²) in [5, 5.41) is 8.60. The summed E-state index contributed by atoms with van der Waals surface area (Å²) in [5.41, 5.74) is 23.6. The number of carbonyl (C=O) groups excluding carboxylic acids is 1. The zero-order valence-corrected chi connectivity index (χ0v) is 25.0. The van der Waals surface area contributed by atoms with E-state index in [0.717, 1.165) is 34.5 Å². The van der Waals surface area contributed by atoms with E-state index in [0.29, 0.717) is 30.9 Å². The van der Waals surface area contributed by atoms with Crippen molar-refractivity contribution in [1.82, 2.24) is 9.97 Å². The molecule has 0 unspecified atom stereocenters.